The van der Waals surface area contributed by atoms with Gasteiger partial charge in [0.1, 0.15) is 0 Å². The number of rotatable bonds is 7. The highest BCUT2D eigenvalue weighted by molar-refractivity contribution is 5.88. The first-order valence-corrected chi connectivity index (χ1v) is 28.1. The van der Waals surface area contributed by atoms with Crippen LogP contribution in [-0.4, -0.2) is 0 Å². The van der Waals surface area contributed by atoms with Crippen molar-refractivity contribution in [3.05, 3.63) is 208 Å². The Morgan fingerprint density at radius 2 is 0.566 bits per heavy atom. The standard InChI is InChI=1S/C75H87N/c1-69(2,3)56-36-51(35-52(37-56)54-40-59(72(10,11)12)45-60(41-54)73(13,14)15)48-25-27-49(28-26-48)55-42-61(74(16,17)18)46-64(43-55)76(63-33-34-66-65-23-21-22-24-67(65)75(19,20)68(66)47-63)62-31-29-50(30-32-62)53-38-57(70(4,5)6)44-58(39-53)71(7,8)9/h21-47H,1-20H3. The van der Waals surface area contributed by atoms with E-state index in [-0.39, 0.29) is 37.9 Å². The molecule has 0 heterocycles. The lowest BCUT2D eigenvalue weighted by atomic mass is 9.78. The molecule has 392 valence electrons. The van der Waals surface area contributed by atoms with Crippen LogP contribution in [0.1, 0.15) is 183 Å². The van der Waals surface area contributed by atoms with E-state index in [0.717, 1.165) is 17.1 Å². The summed E-state index contributed by atoms with van der Waals surface area (Å²) in [5, 5.41) is 0. The summed E-state index contributed by atoms with van der Waals surface area (Å²) >= 11 is 0. The first-order chi connectivity index (χ1) is 35.2. The number of benzene rings is 8. The number of nitrogens with zero attached hydrogens (tertiary/aromatic N) is 1. The molecule has 0 aliphatic heterocycles. The monoisotopic (exact) mass is 1000 g/mol. The van der Waals surface area contributed by atoms with E-state index in [1.54, 1.807) is 0 Å². The van der Waals surface area contributed by atoms with Gasteiger partial charge in [0.05, 0.1) is 0 Å². The molecule has 0 N–H and O–H groups in total. The van der Waals surface area contributed by atoms with E-state index in [1.165, 1.54) is 100 Å². The lowest BCUT2D eigenvalue weighted by Gasteiger charge is -2.30. The molecular weight excluding hydrogens is 915 g/mol. The maximum Gasteiger partial charge on any atom is 0.0470 e. The van der Waals surface area contributed by atoms with Crippen LogP contribution in [0.15, 0.2) is 164 Å². The molecule has 0 unspecified atom stereocenters. The Morgan fingerprint density at radius 1 is 0.250 bits per heavy atom. The van der Waals surface area contributed by atoms with Gasteiger partial charge in [0, 0.05) is 22.5 Å². The van der Waals surface area contributed by atoms with Crippen molar-refractivity contribution in [1.82, 2.24) is 0 Å². The Balaban J connectivity index is 1.18. The Hall–Kier alpha value is -6.44. The fraction of sp³-hybridized carbons (Fsp3) is 0.360. The van der Waals surface area contributed by atoms with E-state index in [0.29, 0.717) is 0 Å². The first-order valence-electron chi connectivity index (χ1n) is 28.1. The Kier molecular flexibility index (Phi) is 13.5. The summed E-state index contributed by atoms with van der Waals surface area (Å²) in [7, 11) is 0. The van der Waals surface area contributed by atoms with Gasteiger partial charge in [-0.2, -0.15) is 0 Å². The van der Waals surface area contributed by atoms with Gasteiger partial charge in [0.2, 0.25) is 0 Å². The molecule has 8 aromatic rings. The molecule has 0 amide bonds. The van der Waals surface area contributed by atoms with Gasteiger partial charge < -0.3 is 4.90 Å². The van der Waals surface area contributed by atoms with Crippen LogP contribution in [-0.2, 0) is 37.9 Å². The predicted octanol–water partition coefficient (Wildman–Crippen LogP) is 21.9. The topological polar surface area (TPSA) is 3.24 Å². The average molecular weight is 1000 g/mol. The third-order valence-corrected chi connectivity index (χ3v) is 16.3. The normalized spacial score (nSPS) is 13.9. The Morgan fingerprint density at radius 3 is 1.00 bits per heavy atom. The van der Waals surface area contributed by atoms with Crippen molar-refractivity contribution in [3.63, 3.8) is 0 Å². The van der Waals surface area contributed by atoms with Crippen molar-refractivity contribution in [3.8, 4) is 55.6 Å². The van der Waals surface area contributed by atoms with Gasteiger partial charge in [-0.15, -0.1) is 0 Å². The van der Waals surface area contributed by atoms with Gasteiger partial charge in [-0.25, -0.2) is 0 Å². The number of hydrogen-bond donors (Lipinski definition) is 0. The molecule has 0 radical (unpaired) electrons. The smallest absolute Gasteiger partial charge is 0.0470 e. The second-order valence-electron chi connectivity index (χ2n) is 29.0. The minimum atomic E-state index is -0.139. The molecular formula is C75H87N. The second-order valence-corrected chi connectivity index (χ2v) is 29.0. The zero-order valence-corrected chi connectivity index (χ0v) is 50.0. The molecule has 9 rings (SSSR count). The van der Waals surface area contributed by atoms with Crippen LogP contribution in [0.5, 0.6) is 0 Å². The van der Waals surface area contributed by atoms with Gasteiger partial charge in [0.25, 0.3) is 0 Å². The summed E-state index contributed by atoms with van der Waals surface area (Å²) in [5.74, 6) is 0. The SMILES string of the molecule is CC(C)(C)c1cc(-c2ccc(-c3cc(N(c4ccc(-c5cc(C(C)(C)C)cc(C(C)(C)C)c5)cc4)c4ccc5c(c4)C(C)(C)c4ccccc4-5)cc(C(C)(C)C)c3)cc2)cc(-c2cc(C(C)(C)C)cc(C(C)(C)C)c2)c1. The predicted molar refractivity (Wildman–Crippen MR) is 333 cm³/mol. The molecule has 0 spiro atoms. The summed E-state index contributed by atoms with van der Waals surface area (Å²) in [6.45, 7) is 46.7. The number of fused-ring (bicyclic) bond motifs is 3. The molecule has 8 aromatic carbocycles. The highest BCUT2D eigenvalue weighted by Gasteiger charge is 2.36. The van der Waals surface area contributed by atoms with E-state index in [9.17, 15) is 0 Å². The molecule has 1 aliphatic carbocycles. The van der Waals surface area contributed by atoms with Crippen LogP contribution in [0.3, 0.4) is 0 Å². The van der Waals surface area contributed by atoms with Crippen molar-refractivity contribution >= 4 is 17.1 Å². The maximum absolute atomic E-state index is 2.50. The highest BCUT2D eigenvalue weighted by Crippen LogP contribution is 2.51. The maximum atomic E-state index is 2.50. The molecule has 1 nitrogen and oxygen atoms in total. The summed E-state index contributed by atoms with van der Waals surface area (Å²) in [6, 6.07) is 63.9. The summed E-state index contributed by atoms with van der Waals surface area (Å²) in [4.78, 5) is 2.50. The number of hydrogen-bond acceptors (Lipinski definition) is 1. The third-order valence-electron chi connectivity index (χ3n) is 16.3. The van der Waals surface area contributed by atoms with Gasteiger partial charge in [-0.3, -0.25) is 0 Å². The lowest BCUT2D eigenvalue weighted by molar-refractivity contribution is 0.568. The van der Waals surface area contributed by atoms with E-state index >= 15 is 0 Å². The Labute approximate surface area is 459 Å². The minimum absolute atomic E-state index is 0.0269. The van der Waals surface area contributed by atoms with Crippen molar-refractivity contribution in [2.75, 3.05) is 4.90 Å². The van der Waals surface area contributed by atoms with Crippen molar-refractivity contribution in [2.45, 2.75) is 176 Å². The summed E-state index contributed by atoms with van der Waals surface area (Å²) in [6.07, 6.45) is 0. The van der Waals surface area contributed by atoms with Crippen LogP contribution in [0.2, 0.25) is 0 Å². The quantitative estimate of drug-likeness (QED) is 0.154. The molecule has 0 aromatic heterocycles. The first kappa shape index (κ1) is 54.4. The highest BCUT2D eigenvalue weighted by atomic mass is 15.1. The van der Waals surface area contributed by atoms with Crippen LogP contribution < -0.4 is 4.90 Å². The van der Waals surface area contributed by atoms with Crippen LogP contribution in [0.25, 0.3) is 55.6 Å². The van der Waals surface area contributed by atoms with E-state index in [4.69, 9.17) is 0 Å². The van der Waals surface area contributed by atoms with Crippen molar-refractivity contribution in [1.29, 1.82) is 0 Å². The number of anilines is 3. The molecule has 76 heavy (non-hydrogen) atoms. The summed E-state index contributed by atoms with van der Waals surface area (Å²) < 4.78 is 0. The van der Waals surface area contributed by atoms with Crippen molar-refractivity contribution in [2.24, 2.45) is 0 Å². The zero-order chi connectivity index (χ0) is 55.3. The molecule has 0 saturated heterocycles. The van der Waals surface area contributed by atoms with Crippen LogP contribution in [0.4, 0.5) is 17.1 Å². The van der Waals surface area contributed by atoms with E-state index in [2.05, 4.69) is 307 Å². The molecule has 0 saturated carbocycles. The lowest BCUT2D eigenvalue weighted by Crippen LogP contribution is -2.17. The fourth-order valence-corrected chi connectivity index (χ4v) is 11.0. The van der Waals surface area contributed by atoms with Gasteiger partial charge in [-0.05, 0) is 175 Å². The van der Waals surface area contributed by atoms with Gasteiger partial charge in [-0.1, -0.05) is 260 Å². The zero-order valence-electron chi connectivity index (χ0n) is 50.0. The average Bonchev–Trinajstić information content (AvgIpc) is 3.62. The van der Waals surface area contributed by atoms with Gasteiger partial charge >= 0.3 is 0 Å². The second kappa shape index (κ2) is 18.9. The van der Waals surface area contributed by atoms with Crippen LogP contribution >= 0.6 is 0 Å². The molecule has 0 atom stereocenters. The van der Waals surface area contributed by atoms with E-state index < -0.39 is 0 Å². The largest absolute Gasteiger partial charge is 0.310 e. The minimum Gasteiger partial charge on any atom is -0.310 e. The molecule has 0 bridgehead atoms. The molecule has 1 heteroatoms. The van der Waals surface area contributed by atoms with Gasteiger partial charge in [0.15, 0.2) is 0 Å². The molecule has 1 aliphatic rings. The summed E-state index contributed by atoms with van der Waals surface area (Å²) in [5.41, 5.74) is 26.7. The van der Waals surface area contributed by atoms with E-state index in [1.807, 2.05) is 0 Å². The molecule has 0 fully saturated rings. The Bertz CT molecular complexity index is 3390. The van der Waals surface area contributed by atoms with Crippen molar-refractivity contribution < 1.29 is 0 Å². The fourth-order valence-electron chi connectivity index (χ4n) is 11.0. The third kappa shape index (κ3) is 10.9. The van der Waals surface area contributed by atoms with Crippen LogP contribution in [0, 0.1) is 0 Å².